The number of rotatable bonds is 6. The highest BCUT2D eigenvalue weighted by Gasteiger charge is 2.10. The molecule has 1 heterocycles. The van der Waals surface area contributed by atoms with Crippen molar-refractivity contribution in [3.63, 3.8) is 0 Å². The largest absolute Gasteiger partial charge is 0.478 e. The number of carboxylic acids is 1. The Hall–Kier alpha value is -2.78. The summed E-state index contributed by atoms with van der Waals surface area (Å²) < 4.78 is 22.3. The summed E-state index contributed by atoms with van der Waals surface area (Å²) in [4.78, 5) is 26.5. The second-order valence-electron chi connectivity index (χ2n) is 4.96. The molecule has 0 unspecified atom stereocenters. The molecule has 2 rings (SSSR count). The summed E-state index contributed by atoms with van der Waals surface area (Å²) in [5, 5.41) is 16.5. The summed E-state index contributed by atoms with van der Waals surface area (Å²) in [6.07, 6.45) is 2.91. The average Bonchev–Trinajstić information content (AvgIpc) is 2.54. The zero-order valence-electron chi connectivity index (χ0n) is 12.5. The van der Waals surface area contributed by atoms with Crippen LogP contribution in [0.2, 0.25) is 0 Å². The highest BCUT2D eigenvalue weighted by Crippen LogP contribution is 2.09. The molecule has 0 aliphatic heterocycles. The number of primary sulfonamides is 1. The predicted molar refractivity (Wildman–Crippen MR) is 85.0 cm³/mol. The quantitative estimate of drug-likeness (QED) is 0.690. The number of nitrogens with two attached hydrogens (primary N) is 1. The molecule has 126 valence electrons. The van der Waals surface area contributed by atoms with Crippen molar-refractivity contribution in [1.82, 2.24) is 10.3 Å². The maximum atomic E-state index is 12.0. The van der Waals surface area contributed by atoms with Gasteiger partial charge in [-0.15, -0.1) is 0 Å². The summed E-state index contributed by atoms with van der Waals surface area (Å²) in [5.74, 6) is -1.60. The minimum atomic E-state index is -3.73. The van der Waals surface area contributed by atoms with Gasteiger partial charge in [-0.3, -0.25) is 9.78 Å². The fourth-order valence-corrected chi connectivity index (χ4v) is 2.46. The molecule has 24 heavy (non-hydrogen) atoms. The number of carboxylic acid groups (broad SMARTS) is 1. The van der Waals surface area contributed by atoms with Crippen molar-refractivity contribution >= 4 is 21.9 Å². The number of hydrogen-bond acceptors (Lipinski definition) is 5. The number of carbonyl (C=O) groups is 2. The van der Waals surface area contributed by atoms with E-state index in [9.17, 15) is 18.0 Å². The van der Waals surface area contributed by atoms with Gasteiger partial charge in [-0.05, 0) is 30.2 Å². The SMILES string of the molecule is NS(=O)(=O)c1ccc(CCNC(=O)c2cncc(C(=O)O)c2)cc1. The van der Waals surface area contributed by atoms with Gasteiger partial charge in [-0.25, -0.2) is 18.4 Å². The number of amides is 1. The van der Waals surface area contributed by atoms with Crippen LogP contribution in [0, 0.1) is 0 Å². The lowest BCUT2D eigenvalue weighted by Gasteiger charge is -2.06. The molecular weight excluding hydrogens is 334 g/mol. The Morgan fingerprint density at radius 2 is 1.75 bits per heavy atom. The number of aromatic nitrogens is 1. The van der Waals surface area contributed by atoms with Gasteiger partial charge in [0.25, 0.3) is 5.91 Å². The first kappa shape index (κ1) is 17.6. The second-order valence-corrected chi connectivity index (χ2v) is 6.52. The van der Waals surface area contributed by atoms with Gasteiger partial charge in [0.1, 0.15) is 0 Å². The minimum absolute atomic E-state index is 0.0202. The standard InChI is InChI=1S/C15H15N3O5S/c16-24(22,23)13-3-1-10(2-4-13)5-6-18-14(19)11-7-12(15(20)21)9-17-8-11/h1-4,7-9H,5-6H2,(H,18,19)(H,20,21)(H2,16,22,23). The van der Waals surface area contributed by atoms with Crippen LogP contribution in [0.15, 0.2) is 47.6 Å². The van der Waals surface area contributed by atoms with Crippen molar-refractivity contribution in [3.8, 4) is 0 Å². The van der Waals surface area contributed by atoms with E-state index in [-0.39, 0.29) is 16.0 Å². The van der Waals surface area contributed by atoms with Crippen molar-refractivity contribution in [3.05, 3.63) is 59.4 Å². The molecule has 0 bridgehead atoms. The van der Waals surface area contributed by atoms with Crippen LogP contribution in [0.4, 0.5) is 0 Å². The first-order valence-corrected chi connectivity index (χ1v) is 8.40. The normalized spacial score (nSPS) is 11.0. The molecule has 0 radical (unpaired) electrons. The van der Waals surface area contributed by atoms with E-state index in [4.69, 9.17) is 10.2 Å². The van der Waals surface area contributed by atoms with Crippen LogP contribution in [0.5, 0.6) is 0 Å². The van der Waals surface area contributed by atoms with Gasteiger partial charge < -0.3 is 10.4 Å². The molecule has 1 aromatic heterocycles. The Kier molecular flexibility index (Phi) is 5.27. The van der Waals surface area contributed by atoms with E-state index >= 15 is 0 Å². The van der Waals surface area contributed by atoms with Crippen LogP contribution in [-0.2, 0) is 16.4 Å². The predicted octanol–water partition coefficient (Wildman–Crippen LogP) is 0.400. The lowest BCUT2D eigenvalue weighted by molar-refractivity contribution is 0.0696. The van der Waals surface area contributed by atoms with Crippen LogP contribution in [-0.4, -0.2) is 36.9 Å². The molecule has 1 amide bonds. The Labute approximate surface area is 138 Å². The number of sulfonamides is 1. The third-order valence-electron chi connectivity index (χ3n) is 3.20. The monoisotopic (exact) mass is 349 g/mol. The van der Waals surface area contributed by atoms with Crippen LogP contribution in [0.25, 0.3) is 0 Å². The van der Waals surface area contributed by atoms with Gasteiger partial charge in [-0.1, -0.05) is 12.1 Å². The molecule has 0 fully saturated rings. The molecule has 0 atom stereocenters. The van der Waals surface area contributed by atoms with Crippen LogP contribution in [0.3, 0.4) is 0 Å². The summed E-state index contributed by atoms with van der Waals surface area (Å²) in [6.45, 7) is 0.296. The fourth-order valence-electron chi connectivity index (χ4n) is 1.95. The van der Waals surface area contributed by atoms with Crippen LogP contribution >= 0.6 is 0 Å². The molecule has 2 aromatic rings. The summed E-state index contributed by atoms with van der Waals surface area (Å²) in [5.41, 5.74) is 0.904. The Bertz CT molecular complexity index is 863. The Balaban J connectivity index is 1.93. The van der Waals surface area contributed by atoms with E-state index < -0.39 is 21.9 Å². The number of aromatic carboxylic acids is 1. The smallest absolute Gasteiger partial charge is 0.337 e. The first-order chi connectivity index (χ1) is 11.3. The molecule has 0 aliphatic carbocycles. The lowest BCUT2D eigenvalue weighted by atomic mass is 10.1. The number of pyridine rings is 1. The van der Waals surface area contributed by atoms with E-state index in [0.29, 0.717) is 13.0 Å². The van der Waals surface area contributed by atoms with Gasteiger partial charge >= 0.3 is 5.97 Å². The van der Waals surface area contributed by atoms with Gasteiger partial charge in [-0.2, -0.15) is 0 Å². The molecular formula is C15H15N3O5S. The van der Waals surface area contributed by atoms with E-state index in [2.05, 4.69) is 10.3 Å². The van der Waals surface area contributed by atoms with Crippen molar-refractivity contribution in [1.29, 1.82) is 0 Å². The third kappa shape index (κ3) is 4.61. The minimum Gasteiger partial charge on any atom is -0.478 e. The molecule has 0 saturated heterocycles. The molecule has 4 N–H and O–H groups in total. The van der Waals surface area contributed by atoms with E-state index in [0.717, 1.165) is 11.8 Å². The molecule has 0 spiro atoms. The second kappa shape index (κ2) is 7.20. The summed E-state index contributed by atoms with van der Waals surface area (Å²) >= 11 is 0. The Morgan fingerprint density at radius 3 is 2.33 bits per heavy atom. The number of benzene rings is 1. The van der Waals surface area contributed by atoms with Crippen molar-refractivity contribution in [2.24, 2.45) is 5.14 Å². The number of hydrogen-bond donors (Lipinski definition) is 3. The Morgan fingerprint density at radius 1 is 1.12 bits per heavy atom. The van der Waals surface area contributed by atoms with Crippen molar-refractivity contribution < 1.29 is 23.1 Å². The van der Waals surface area contributed by atoms with Crippen molar-refractivity contribution in [2.75, 3.05) is 6.54 Å². The third-order valence-corrected chi connectivity index (χ3v) is 4.13. The van der Waals surface area contributed by atoms with E-state index in [1.807, 2.05) is 0 Å². The number of nitrogens with one attached hydrogen (secondary N) is 1. The fraction of sp³-hybridized carbons (Fsp3) is 0.133. The molecule has 8 nitrogen and oxygen atoms in total. The van der Waals surface area contributed by atoms with Crippen molar-refractivity contribution in [2.45, 2.75) is 11.3 Å². The van der Waals surface area contributed by atoms with Gasteiger partial charge in [0.15, 0.2) is 0 Å². The number of nitrogens with zero attached hydrogens (tertiary/aromatic N) is 1. The van der Waals surface area contributed by atoms with Crippen LogP contribution in [0.1, 0.15) is 26.3 Å². The van der Waals surface area contributed by atoms with Gasteiger partial charge in [0.2, 0.25) is 10.0 Å². The van der Waals surface area contributed by atoms with Gasteiger partial charge in [0.05, 0.1) is 16.0 Å². The topological polar surface area (TPSA) is 139 Å². The molecule has 0 aliphatic rings. The maximum absolute atomic E-state index is 12.0. The lowest BCUT2D eigenvalue weighted by Crippen LogP contribution is -2.26. The number of carbonyl (C=O) groups excluding carboxylic acids is 1. The first-order valence-electron chi connectivity index (χ1n) is 6.85. The molecule has 0 saturated carbocycles. The highest BCUT2D eigenvalue weighted by atomic mass is 32.2. The molecule has 1 aromatic carbocycles. The summed E-state index contributed by atoms with van der Waals surface area (Å²) in [7, 11) is -3.73. The average molecular weight is 349 g/mol. The maximum Gasteiger partial charge on any atom is 0.337 e. The zero-order valence-corrected chi connectivity index (χ0v) is 13.3. The summed E-state index contributed by atoms with van der Waals surface area (Å²) in [6, 6.07) is 7.25. The molecule has 9 heteroatoms. The zero-order chi connectivity index (χ0) is 17.7. The van der Waals surface area contributed by atoms with Crippen LogP contribution < -0.4 is 10.5 Å². The van der Waals surface area contributed by atoms with E-state index in [1.54, 1.807) is 12.1 Å². The highest BCUT2D eigenvalue weighted by molar-refractivity contribution is 7.89. The van der Waals surface area contributed by atoms with E-state index in [1.165, 1.54) is 24.4 Å². The van der Waals surface area contributed by atoms with Gasteiger partial charge in [0, 0.05) is 18.9 Å².